The highest BCUT2D eigenvalue weighted by molar-refractivity contribution is 7.99. The van der Waals surface area contributed by atoms with E-state index in [0.29, 0.717) is 18.2 Å². The zero-order chi connectivity index (χ0) is 14.3. The summed E-state index contributed by atoms with van der Waals surface area (Å²) in [6, 6.07) is -0.593. The van der Waals surface area contributed by atoms with E-state index in [1.165, 1.54) is 0 Å². The van der Waals surface area contributed by atoms with Gasteiger partial charge in [0.25, 0.3) is 0 Å². The number of carboxylic acid groups (broad SMARTS) is 1. The standard InChI is InChI=1S/C10H17N5O3S/c1-2-3-7-13-14-10(19-6-8(16)17)15(7)5-4-12-9(11)18/h2-6H2,1H3,(H,16,17)(H3,11,12,18). The van der Waals surface area contributed by atoms with Crippen LogP contribution in [0.5, 0.6) is 0 Å². The lowest BCUT2D eigenvalue weighted by Crippen LogP contribution is -2.32. The van der Waals surface area contributed by atoms with Crippen LogP contribution in [0.4, 0.5) is 4.79 Å². The Morgan fingerprint density at radius 3 is 2.79 bits per heavy atom. The highest BCUT2D eigenvalue weighted by Crippen LogP contribution is 2.17. The second kappa shape index (κ2) is 7.62. The first kappa shape index (κ1) is 15.3. The Balaban J connectivity index is 2.72. The molecule has 0 unspecified atom stereocenters. The topological polar surface area (TPSA) is 123 Å². The van der Waals surface area contributed by atoms with Crippen LogP contribution in [0.1, 0.15) is 19.2 Å². The van der Waals surface area contributed by atoms with Gasteiger partial charge in [0.1, 0.15) is 5.82 Å². The summed E-state index contributed by atoms with van der Waals surface area (Å²) in [5.74, 6) is -0.207. The maximum absolute atomic E-state index is 10.6. The zero-order valence-electron chi connectivity index (χ0n) is 10.6. The molecule has 0 aliphatic heterocycles. The molecule has 0 bridgehead atoms. The van der Waals surface area contributed by atoms with E-state index in [9.17, 15) is 9.59 Å². The number of hydrogen-bond donors (Lipinski definition) is 3. The fourth-order valence-electron chi connectivity index (χ4n) is 1.48. The summed E-state index contributed by atoms with van der Waals surface area (Å²) >= 11 is 1.11. The van der Waals surface area contributed by atoms with Gasteiger partial charge in [-0.25, -0.2) is 4.79 Å². The Bertz CT molecular complexity index is 448. The number of carbonyl (C=O) groups excluding carboxylic acids is 1. The lowest BCUT2D eigenvalue weighted by atomic mass is 10.3. The van der Waals surface area contributed by atoms with Gasteiger partial charge in [0, 0.05) is 19.5 Å². The molecular formula is C10H17N5O3S. The van der Waals surface area contributed by atoms with Crippen molar-refractivity contribution < 1.29 is 14.7 Å². The lowest BCUT2D eigenvalue weighted by molar-refractivity contribution is -0.133. The first-order chi connectivity index (χ1) is 9.04. The van der Waals surface area contributed by atoms with E-state index in [1.54, 1.807) is 0 Å². The average Bonchev–Trinajstić information content (AvgIpc) is 2.70. The summed E-state index contributed by atoms with van der Waals surface area (Å²) < 4.78 is 1.81. The number of aryl methyl sites for hydroxylation is 1. The average molecular weight is 287 g/mol. The fraction of sp³-hybridized carbons (Fsp3) is 0.600. The van der Waals surface area contributed by atoms with Crippen LogP contribution in [-0.4, -0.2) is 44.2 Å². The maximum atomic E-state index is 10.6. The Morgan fingerprint density at radius 2 is 2.21 bits per heavy atom. The van der Waals surface area contributed by atoms with E-state index in [-0.39, 0.29) is 5.75 Å². The number of carboxylic acids is 1. The molecule has 1 aromatic heterocycles. The summed E-state index contributed by atoms with van der Waals surface area (Å²) in [7, 11) is 0. The third-order valence-corrected chi connectivity index (χ3v) is 3.18. The van der Waals surface area contributed by atoms with Crippen LogP contribution < -0.4 is 11.1 Å². The minimum absolute atomic E-state index is 0.0759. The largest absolute Gasteiger partial charge is 0.481 e. The Hall–Kier alpha value is -1.77. The zero-order valence-corrected chi connectivity index (χ0v) is 11.4. The molecule has 0 fully saturated rings. The van der Waals surface area contributed by atoms with E-state index >= 15 is 0 Å². The highest BCUT2D eigenvalue weighted by Gasteiger charge is 2.13. The van der Waals surface area contributed by atoms with E-state index in [4.69, 9.17) is 10.8 Å². The molecule has 8 nitrogen and oxygen atoms in total. The van der Waals surface area contributed by atoms with Crippen molar-refractivity contribution >= 4 is 23.8 Å². The van der Waals surface area contributed by atoms with Crippen molar-refractivity contribution in [1.29, 1.82) is 0 Å². The number of nitrogens with one attached hydrogen (secondary N) is 1. The first-order valence-electron chi connectivity index (χ1n) is 5.84. The molecule has 0 saturated heterocycles. The molecule has 9 heteroatoms. The molecule has 19 heavy (non-hydrogen) atoms. The summed E-state index contributed by atoms with van der Waals surface area (Å²) in [4.78, 5) is 21.2. The molecule has 4 N–H and O–H groups in total. The van der Waals surface area contributed by atoms with E-state index < -0.39 is 12.0 Å². The van der Waals surface area contributed by atoms with Gasteiger partial charge < -0.3 is 20.7 Å². The third-order valence-electron chi connectivity index (χ3n) is 2.23. The molecular weight excluding hydrogens is 270 g/mol. The number of nitrogens with zero attached hydrogens (tertiary/aromatic N) is 3. The summed E-state index contributed by atoms with van der Waals surface area (Å²) in [6.45, 7) is 2.84. The van der Waals surface area contributed by atoms with Gasteiger partial charge in [-0.1, -0.05) is 18.7 Å². The molecule has 106 valence electrons. The third kappa shape index (κ3) is 5.16. The molecule has 0 radical (unpaired) electrons. The van der Waals surface area contributed by atoms with Crippen LogP contribution >= 0.6 is 11.8 Å². The monoisotopic (exact) mass is 287 g/mol. The van der Waals surface area contributed by atoms with E-state index in [0.717, 1.165) is 30.4 Å². The van der Waals surface area contributed by atoms with Gasteiger partial charge in [-0.2, -0.15) is 0 Å². The summed E-state index contributed by atoms with van der Waals surface area (Å²) in [6.07, 6.45) is 1.65. The smallest absolute Gasteiger partial charge is 0.313 e. The fourth-order valence-corrected chi connectivity index (χ4v) is 2.18. The second-order valence-electron chi connectivity index (χ2n) is 3.77. The number of amides is 2. The molecule has 0 aliphatic carbocycles. The van der Waals surface area contributed by atoms with Gasteiger partial charge in [-0.3, -0.25) is 4.79 Å². The number of nitrogens with two attached hydrogens (primary N) is 1. The second-order valence-corrected chi connectivity index (χ2v) is 4.72. The van der Waals surface area contributed by atoms with Crippen molar-refractivity contribution in [2.45, 2.75) is 31.5 Å². The van der Waals surface area contributed by atoms with Crippen LogP contribution in [0.25, 0.3) is 0 Å². The number of aromatic nitrogens is 3. The summed E-state index contributed by atoms with van der Waals surface area (Å²) in [5.41, 5.74) is 4.99. The van der Waals surface area contributed by atoms with Crippen LogP contribution in [0.15, 0.2) is 5.16 Å². The summed E-state index contributed by atoms with van der Waals surface area (Å²) in [5, 5.41) is 19.7. The van der Waals surface area contributed by atoms with Crippen molar-refractivity contribution in [2.75, 3.05) is 12.3 Å². The predicted octanol–water partition coefficient (Wildman–Crippen LogP) is 0.0756. The molecule has 1 heterocycles. The number of hydrogen-bond acceptors (Lipinski definition) is 5. The highest BCUT2D eigenvalue weighted by atomic mass is 32.2. The quantitative estimate of drug-likeness (QED) is 0.582. The van der Waals surface area contributed by atoms with Crippen molar-refractivity contribution in [3.05, 3.63) is 5.82 Å². The molecule has 0 spiro atoms. The van der Waals surface area contributed by atoms with Crippen molar-refractivity contribution in [2.24, 2.45) is 5.73 Å². The van der Waals surface area contributed by atoms with Gasteiger partial charge in [0.15, 0.2) is 5.16 Å². The minimum Gasteiger partial charge on any atom is -0.481 e. The van der Waals surface area contributed by atoms with Gasteiger partial charge in [0.05, 0.1) is 5.75 Å². The predicted molar refractivity (Wildman–Crippen MR) is 70.0 cm³/mol. The van der Waals surface area contributed by atoms with Crippen LogP contribution in [0, 0.1) is 0 Å². The minimum atomic E-state index is -0.910. The van der Waals surface area contributed by atoms with Crippen LogP contribution in [0.2, 0.25) is 0 Å². The van der Waals surface area contributed by atoms with E-state index in [2.05, 4.69) is 15.5 Å². The van der Waals surface area contributed by atoms with Crippen LogP contribution in [-0.2, 0) is 17.8 Å². The number of thioether (sulfide) groups is 1. The SMILES string of the molecule is CCCc1nnc(SCC(=O)O)n1CCNC(N)=O. The Kier molecular flexibility index (Phi) is 6.13. The van der Waals surface area contributed by atoms with Gasteiger partial charge in [-0.15, -0.1) is 10.2 Å². The molecule has 0 saturated carbocycles. The van der Waals surface area contributed by atoms with Crippen molar-refractivity contribution in [3.63, 3.8) is 0 Å². The van der Waals surface area contributed by atoms with Gasteiger partial charge >= 0.3 is 12.0 Å². The lowest BCUT2D eigenvalue weighted by Gasteiger charge is -2.09. The van der Waals surface area contributed by atoms with Gasteiger partial charge in [0.2, 0.25) is 0 Å². The van der Waals surface area contributed by atoms with Crippen molar-refractivity contribution in [1.82, 2.24) is 20.1 Å². The normalized spacial score (nSPS) is 10.4. The van der Waals surface area contributed by atoms with E-state index in [1.807, 2.05) is 11.5 Å². The number of carbonyl (C=O) groups is 2. The maximum Gasteiger partial charge on any atom is 0.313 e. The molecule has 0 aliphatic rings. The first-order valence-corrected chi connectivity index (χ1v) is 6.83. The Morgan fingerprint density at radius 1 is 1.47 bits per heavy atom. The molecule has 1 rings (SSSR count). The number of aliphatic carboxylic acids is 1. The van der Waals surface area contributed by atoms with Crippen LogP contribution in [0.3, 0.4) is 0 Å². The molecule has 2 amide bonds. The molecule has 0 atom stereocenters. The number of rotatable bonds is 8. The molecule has 0 aromatic carbocycles. The Labute approximate surface area is 114 Å². The van der Waals surface area contributed by atoms with Gasteiger partial charge in [-0.05, 0) is 6.42 Å². The number of urea groups is 1. The number of primary amides is 1. The molecule has 1 aromatic rings. The van der Waals surface area contributed by atoms with Crippen molar-refractivity contribution in [3.8, 4) is 0 Å².